The first-order chi connectivity index (χ1) is 12.3. The molecule has 0 bridgehead atoms. The molecule has 8 atom stereocenters. The van der Waals surface area contributed by atoms with E-state index in [2.05, 4.69) is 45.8 Å². The Balaban J connectivity index is 1.60. The van der Waals surface area contributed by atoms with Crippen LogP contribution in [-0.4, -0.2) is 38.3 Å². The normalized spacial score (nSPS) is 49.2. The van der Waals surface area contributed by atoms with Gasteiger partial charge in [-0.2, -0.15) is 0 Å². The first-order valence-electron chi connectivity index (χ1n) is 11.2. The van der Waals surface area contributed by atoms with Gasteiger partial charge in [-0.05, 0) is 107 Å². The number of methoxy groups -OCH3 is 1. The molecule has 0 heterocycles. The standard InChI is InChI=1S/C24H41NO/c1-16(25(4)5)20-9-10-21-19-8-7-17-15-18(26-6)11-13-23(17,2)22(19)12-14-24(20,21)3/h7,16,18-22H,8-15H2,1-6H3. The van der Waals surface area contributed by atoms with E-state index < -0.39 is 0 Å². The van der Waals surface area contributed by atoms with Crippen molar-refractivity contribution in [2.75, 3.05) is 21.2 Å². The molecule has 2 nitrogen and oxygen atoms in total. The third kappa shape index (κ3) is 2.65. The van der Waals surface area contributed by atoms with Gasteiger partial charge in [-0.3, -0.25) is 0 Å². The van der Waals surface area contributed by atoms with Crippen LogP contribution < -0.4 is 0 Å². The van der Waals surface area contributed by atoms with Gasteiger partial charge in [-0.1, -0.05) is 25.5 Å². The molecule has 0 aromatic rings. The highest BCUT2D eigenvalue weighted by molar-refractivity contribution is 5.25. The van der Waals surface area contributed by atoms with Crippen molar-refractivity contribution in [3.05, 3.63) is 11.6 Å². The molecule has 4 rings (SSSR count). The van der Waals surface area contributed by atoms with Crippen LogP contribution in [0.25, 0.3) is 0 Å². The van der Waals surface area contributed by atoms with Crippen molar-refractivity contribution in [3.8, 4) is 0 Å². The second kappa shape index (κ2) is 6.62. The first-order valence-corrected chi connectivity index (χ1v) is 11.2. The van der Waals surface area contributed by atoms with Gasteiger partial charge in [0.15, 0.2) is 0 Å². The molecule has 4 aliphatic rings. The molecule has 26 heavy (non-hydrogen) atoms. The van der Waals surface area contributed by atoms with Crippen molar-refractivity contribution in [2.45, 2.75) is 84.3 Å². The number of hydrogen-bond acceptors (Lipinski definition) is 2. The van der Waals surface area contributed by atoms with Gasteiger partial charge in [-0.25, -0.2) is 0 Å². The summed E-state index contributed by atoms with van der Waals surface area (Å²) in [7, 11) is 6.45. The van der Waals surface area contributed by atoms with Crippen LogP contribution in [0.15, 0.2) is 11.6 Å². The molecule has 2 heteroatoms. The van der Waals surface area contributed by atoms with Crippen LogP contribution in [0.3, 0.4) is 0 Å². The van der Waals surface area contributed by atoms with E-state index >= 15 is 0 Å². The van der Waals surface area contributed by atoms with E-state index in [0.29, 0.717) is 23.0 Å². The molecule has 0 saturated heterocycles. The molecule has 148 valence electrons. The van der Waals surface area contributed by atoms with Crippen molar-refractivity contribution in [3.63, 3.8) is 0 Å². The van der Waals surface area contributed by atoms with Crippen LogP contribution in [0, 0.1) is 34.5 Å². The second-order valence-electron chi connectivity index (χ2n) is 10.8. The van der Waals surface area contributed by atoms with E-state index in [9.17, 15) is 0 Å². The lowest BCUT2D eigenvalue weighted by Crippen LogP contribution is -2.52. The van der Waals surface area contributed by atoms with E-state index in [-0.39, 0.29) is 0 Å². The highest BCUT2D eigenvalue weighted by atomic mass is 16.5. The zero-order chi connectivity index (χ0) is 18.7. The summed E-state index contributed by atoms with van der Waals surface area (Å²) < 4.78 is 5.72. The zero-order valence-electron chi connectivity index (χ0n) is 18.1. The largest absolute Gasteiger partial charge is 0.381 e. The topological polar surface area (TPSA) is 12.5 Å². The molecule has 0 spiro atoms. The number of fused-ring (bicyclic) bond motifs is 5. The Labute approximate surface area is 161 Å². The van der Waals surface area contributed by atoms with Gasteiger partial charge in [0.2, 0.25) is 0 Å². The van der Waals surface area contributed by atoms with Gasteiger partial charge in [0, 0.05) is 13.2 Å². The van der Waals surface area contributed by atoms with E-state index in [4.69, 9.17) is 4.74 Å². The summed E-state index contributed by atoms with van der Waals surface area (Å²) in [5.41, 5.74) is 2.78. The lowest BCUT2D eigenvalue weighted by Gasteiger charge is -2.58. The quantitative estimate of drug-likeness (QED) is 0.614. The predicted molar refractivity (Wildman–Crippen MR) is 109 cm³/mol. The predicted octanol–water partition coefficient (Wildman–Crippen LogP) is 5.53. The highest BCUT2D eigenvalue weighted by Gasteiger charge is 2.59. The molecule has 0 aromatic heterocycles. The van der Waals surface area contributed by atoms with Crippen molar-refractivity contribution < 1.29 is 4.74 Å². The molecular weight excluding hydrogens is 318 g/mol. The van der Waals surface area contributed by atoms with Gasteiger partial charge >= 0.3 is 0 Å². The van der Waals surface area contributed by atoms with E-state index in [0.717, 1.165) is 23.7 Å². The lowest BCUT2D eigenvalue weighted by atomic mass is 9.47. The summed E-state index contributed by atoms with van der Waals surface area (Å²) in [6.45, 7) is 7.74. The smallest absolute Gasteiger partial charge is 0.0608 e. The maximum absolute atomic E-state index is 5.72. The first kappa shape index (κ1) is 19.0. The molecule has 3 saturated carbocycles. The molecule has 0 amide bonds. The fraction of sp³-hybridized carbons (Fsp3) is 0.917. The van der Waals surface area contributed by atoms with E-state index in [1.54, 1.807) is 5.57 Å². The molecule has 0 aliphatic heterocycles. The van der Waals surface area contributed by atoms with Gasteiger partial charge in [0.1, 0.15) is 0 Å². The van der Waals surface area contributed by atoms with Crippen molar-refractivity contribution in [1.82, 2.24) is 4.90 Å². The Morgan fingerprint density at radius 1 is 1.08 bits per heavy atom. The third-order valence-electron chi connectivity index (χ3n) is 9.86. The van der Waals surface area contributed by atoms with Crippen molar-refractivity contribution >= 4 is 0 Å². The monoisotopic (exact) mass is 359 g/mol. The van der Waals surface area contributed by atoms with Crippen LogP contribution >= 0.6 is 0 Å². The van der Waals surface area contributed by atoms with Gasteiger partial charge in [0.05, 0.1) is 6.10 Å². The zero-order valence-corrected chi connectivity index (χ0v) is 18.1. The minimum Gasteiger partial charge on any atom is -0.381 e. The van der Waals surface area contributed by atoms with Crippen LogP contribution in [-0.2, 0) is 4.74 Å². The Kier molecular flexibility index (Phi) is 4.84. The lowest BCUT2D eigenvalue weighted by molar-refractivity contribution is -0.0613. The Hall–Kier alpha value is -0.340. The van der Waals surface area contributed by atoms with Crippen molar-refractivity contribution in [1.29, 1.82) is 0 Å². The Bertz CT molecular complexity index is 569. The Morgan fingerprint density at radius 2 is 1.85 bits per heavy atom. The van der Waals surface area contributed by atoms with Crippen LogP contribution in [0.1, 0.15) is 72.1 Å². The molecule has 4 aliphatic carbocycles. The third-order valence-corrected chi connectivity index (χ3v) is 9.86. The summed E-state index contributed by atoms with van der Waals surface area (Å²) in [5, 5.41) is 0. The van der Waals surface area contributed by atoms with Gasteiger partial charge in [0.25, 0.3) is 0 Å². The summed E-state index contributed by atoms with van der Waals surface area (Å²) in [5.74, 6) is 3.68. The number of rotatable bonds is 3. The average molecular weight is 360 g/mol. The maximum atomic E-state index is 5.72. The average Bonchev–Trinajstić information content (AvgIpc) is 2.97. The van der Waals surface area contributed by atoms with E-state index in [1.165, 1.54) is 51.4 Å². The maximum Gasteiger partial charge on any atom is 0.0608 e. The number of allylic oxidation sites excluding steroid dienone is 1. The fourth-order valence-electron chi connectivity index (χ4n) is 8.02. The van der Waals surface area contributed by atoms with Crippen LogP contribution in [0.5, 0.6) is 0 Å². The summed E-state index contributed by atoms with van der Waals surface area (Å²) in [4.78, 5) is 2.47. The summed E-state index contributed by atoms with van der Waals surface area (Å²) >= 11 is 0. The SMILES string of the molecule is COC1CCC2(C)C(=CCC3C2CCC2(C)C3CCC2C(C)N(C)C)C1. The highest BCUT2D eigenvalue weighted by Crippen LogP contribution is 2.66. The molecule has 8 unspecified atom stereocenters. The molecule has 0 aromatic carbocycles. The second-order valence-corrected chi connectivity index (χ2v) is 10.8. The Morgan fingerprint density at radius 3 is 2.54 bits per heavy atom. The van der Waals surface area contributed by atoms with Crippen LogP contribution in [0.2, 0.25) is 0 Å². The summed E-state index contributed by atoms with van der Waals surface area (Å²) in [6, 6.07) is 0.712. The van der Waals surface area contributed by atoms with Gasteiger partial charge in [-0.15, -0.1) is 0 Å². The van der Waals surface area contributed by atoms with Crippen LogP contribution in [0.4, 0.5) is 0 Å². The molecule has 0 N–H and O–H groups in total. The summed E-state index contributed by atoms with van der Waals surface area (Å²) in [6.07, 6.45) is 14.1. The molecule has 0 radical (unpaired) electrons. The van der Waals surface area contributed by atoms with Crippen molar-refractivity contribution in [2.24, 2.45) is 34.5 Å². The number of ether oxygens (including phenoxy) is 1. The fourth-order valence-corrected chi connectivity index (χ4v) is 8.02. The molecule has 3 fully saturated rings. The molecular formula is C24H41NO. The number of nitrogens with zero attached hydrogens (tertiary/aromatic N) is 1. The van der Waals surface area contributed by atoms with E-state index in [1.807, 2.05) is 7.11 Å². The number of hydrogen-bond donors (Lipinski definition) is 0. The minimum atomic E-state index is 0.463. The van der Waals surface area contributed by atoms with Gasteiger partial charge < -0.3 is 9.64 Å². The minimum absolute atomic E-state index is 0.463.